The maximum Gasteiger partial charge on any atom is 0.0854 e. The van der Waals surface area contributed by atoms with Crippen LogP contribution in [0.4, 0.5) is 0 Å². The highest BCUT2D eigenvalue weighted by molar-refractivity contribution is 7.80. The van der Waals surface area contributed by atoms with Gasteiger partial charge in [0.15, 0.2) is 0 Å². The third-order valence-electron chi connectivity index (χ3n) is 1.30. The van der Waals surface area contributed by atoms with E-state index < -0.39 is 0 Å². The molecule has 0 spiro atoms. The third kappa shape index (κ3) is 1.78. The molecular formula is C7H8NSSi. The summed E-state index contributed by atoms with van der Waals surface area (Å²) in [5.74, 6) is 0. The van der Waals surface area contributed by atoms with Crippen molar-refractivity contribution in [2.75, 3.05) is 6.17 Å². The van der Waals surface area contributed by atoms with Crippen LogP contribution in [0.15, 0.2) is 24.4 Å². The molecule has 0 N–H and O–H groups in total. The molecule has 0 bridgehead atoms. The van der Waals surface area contributed by atoms with E-state index in [0.717, 1.165) is 17.6 Å². The molecule has 1 aliphatic heterocycles. The highest BCUT2D eigenvalue weighted by Gasteiger charge is 2.02. The second kappa shape index (κ2) is 3.68. The fourth-order valence-corrected chi connectivity index (χ4v) is 1.37. The van der Waals surface area contributed by atoms with E-state index in [1.165, 1.54) is 0 Å². The molecule has 0 atom stereocenters. The first-order chi connectivity index (χ1) is 4.84. The zero-order valence-corrected chi connectivity index (χ0v) is 7.40. The molecule has 0 aromatic heterocycles. The van der Waals surface area contributed by atoms with Crippen LogP contribution in [-0.2, 0) is 0 Å². The van der Waals surface area contributed by atoms with Crippen molar-refractivity contribution in [3.63, 3.8) is 0 Å². The third-order valence-corrected chi connectivity index (χ3v) is 2.04. The Hall–Kier alpha value is -0.413. The van der Waals surface area contributed by atoms with E-state index in [4.69, 9.17) is 12.2 Å². The Labute approximate surface area is 69.8 Å². The minimum absolute atomic E-state index is 0.775. The van der Waals surface area contributed by atoms with Crippen LogP contribution in [-0.4, -0.2) is 26.3 Å². The molecule has 0 unspecified atom stereocenters. The molecule has 0 saturated carbocycles. The fraction of sp³-hybridized carbons (Fsp3) is 0.286. The van der Waals surface area contributed by atoms with Gasteiger partial charge in [0.05, 0.1) is 15.2 Å². The SMILES string of the molecule is [Si]CN1C=CC=CCC1=S. The summed E-state index contributed by atoms with van der Waals surface area (Å²) in [5.41, 5.74) is 0. The van der Waals surface area contributed by atoms with Gasteiger partial charge in [0.2, 0.25) is 0 Å². The molecule has 0 aromatic rings. The summed E-state index contributed by atoms with van der Waals surface area (Å²) in [7, 11) is 3.39. The van der Waals surface area contributed by atoms with Gasteiger partial charge < -0.3 is 4.90 Å². The van der Waals surface area contributed by atoms with Crippen molar-refractivity contribution in [2.45, 2.75) is 6.42 Å². The molecule has 0 aromatic carbocycles. The molecule has 51 valence electrons. The maximum atomic E-state index is 5.11. The average molecular weight is 166 g/mol. The molecule has 10 heavy (non-hydrogen) atoms. The van der Waals surface area contributed by atoms with Crippen molar-refractivity contribution in [2.24, 2.45) is 0 Å². The number of hydrogen-bond acceptors (Lipinski definition) is 1. The number of thiocarbonyl (C=S) groups is 1. The zero-order valence-electron chi connectivity index (χ0n) is 5.58. The van der Waals surface area contributed by atoms with E-state index >= 15 is 0 Å². The number of rotatable bonds is 1. The van der Waals surface area contributed by atoms with Gasteiger partial charge in [-0.05, 0) is 6.08 Å². The van der Waals surface area contributed by atoms with E-state index in [-0.39, 0.29) is 0 Å². The van der Waals surface area contributed by atoms with Gasteiger partial charge in [-0.2, -0.15) is 0 Å². The largest absolute Gasteiger partial charge is 0.346 e. The highest BCUT2D eigenvalue weighted by atomic mass is 32.1. The van der Waals surface area contributed by atoms with Gasteiger partial charge >= 0.3 is 0 Å². The minimum Gasteiger partial charge on any atom is -0.346 e. The van der Waals surface area contributed by atoms with Crippen molar-refractivity contribution in [3.05, 3.63) is 24.4 Å². The molecular weight excluding hydrogens is 158 g/mol. The summed E-state index contributed by atoms with van der Waals surface area (Å²) in [6, 6.07) is 0. The lowest BCUT2D eigenvalue weighted by molar-refractivity contribution is 0.661. The van der Waals surface area contributed by atoms with E-state index in [1.807, 2.05) is 23.3 Å². The van der Waals surface area contributed by atoms with Crippen LogP contribution >= 0.6 is 12.2 Å². The first-order valence-electron chi connectivity index (χ1n) is 3.12. The van der Waals surface area contributed by atoms with Crippen LogP contribution in [0.3, 0.4) is 0 Å². The van der Waals surface area contributed by atoms with Crippen LogP contribution in [0, 0.1) is 0 Å². The van der Waals surface area contributed by atoms with Gasteiger partial charge in [0.25, 0.3) is 0 Å². The standard InChI is InChI=1S/C7H8NSSi/c9-7-4-2-1-3-5-8(7)6-10/h1-3,5H,4,6H2. The number of allylic oxidation sites excluding steroid dienone is 2. The average Bonchev–Trinajstić information content (AvgIpc) is 2.13. The quantitative estimate of drug-likeness (QED) is 0.425. The summed E-state index contributed by atoms with van der Waals surface area (Å²) >= 11 is 5.11. The van der Waals surface area contributed by atoms with Crippen LogP contribution in [0.5, 0.6) is 0 Å². The Morgan fingerprint density at radius 3 is 3.10 bits per heavy atom. The van der Waals surface area contributed by atoms with Crippen molar-refractivity contribution < 1.29 is 0 Å². The van der Waals surface area contributed by atoms with E-state index in [9.17, 15) is 0 Å². The monoisotopic (exact) mass is 166 g/mol. The Morgan fingerprint density at radius 1 is 1.60 bits per heavy atom. The molecule has 3 radical (unpaired) electrons. The summed E-state index contributed by atoms with van der Waals surface area (Å²) < 4.78 is 0. The smallest absolute Gasteiger partial charge is 0.0854 e. The number of nitrogens with zero attached hydrogens (tertiary/aromatic N) is 1. The van der Waals surface area contributed by atoms with Crippen molar-refractivity contribution in [1.82, 2.24) is 4.90 Å². The summed E-state index contributed by atoms with van der Waals surface area (Å²) in [6.07, 6.45) is 9.66. The van der Waals surface area contributed by atoms with Gasteiger partial charge in [0, 0.05) is 18.8 Å². The van der Waals surface area contributed by atoms with Gasteiger partial charge in [-0.1, -0.05) is 24.4 Å². The van der Waals surface area contributed by atoms with E-state index in [2.05, 4.69) is 16.3 Å². The summed E-state index contributed by atoms with van der Waals surface area (Å²) in [6.45, 7) is 0. The van der Waals surface area contributed by atoms with Crippen molar-refractivity contribution >= 4 is 27.4 Å². The minimum atomic E-state index is 0.775. The topological polar surface area (TPSA) is 3.24 Å². The Morgan fingerprint density at radius 2 is 2.40 bits per heavy atom. The van der Waals surface area contributed by atoms with E-state index in [1.54, 1.807) is 0 Å². The first kappa shape index (κ1) is 7.69. The molecule has 1 aliphatic rings. The Bertz CT molecular complexity index is 186. The van der Waals surface area contributed by atoms with Crippen molar-refractivity contribution in [3.8, 4) is 0 Å². The zero-order chi connectivity index (χ0) is 7.40. The molecule has 1 nitrogen and oxygen atoms in total. The van der Waals surface area contributed by atoms with Gasteiger partial charge in [-0.15, -0.1) is 0 Å². The molecule has 1 heterocycles. The first-order valence-corrected chi connectivity index (χ1v) is 4.23. The van der Waals surface area contributed by atoms with Crippen LogP contribution in [0.2, 0.25) is 0 Å². The predicted molar refractivity (Wildman–Crippen MR) is 48.0 cm³/mol. The van der Waals surface area contributed by atoms with Crippen molar-refractivity contribution in [1.29, 1.82) is 0 Å². The highest BCUT2D eigenvalue weighted by Crippen LogP contribution is 2.02. The molecule has 0 fully saturated rings. The maximum absolute atomic E-state index is 5.11. The van der Waals surface area contributed by atoms with E-state index in [0.29, 0.717) is 0 Å². The number of hydrogen-bond donors (Lipinski definition) is 0. The Balaban J connectivity index is 2.66. The fourth-order valence-electron chi connectivity index (χ4n) is 0.742. The lowest BCUT2D eigenvalue weighted by Crippen LogP contribution is -2.23. The second-order valence-corrected chi connectivity index (χ2v) is 2.78. The lowest BCUT2D eigenvalue weighted by Gasteiger charge is -2.16. The Kier molecular flexibility index (Phi) is 2.83. The lowest BCUT2D eigenvalue weighted by atomic mass is 10.4. The normalized spacial score (nSPS) is 17.7. The van der Waals surface area contributed by atoms with Gasteiger partial charge in [-0.25, -0.2) is 0 Å². The second-order valence-electron chi connectivity index (χ2n) is 2.00. The molecule has 0 aliphatic carbocycles. The summed E-state index contributed by atoms with van der Waals surface area (Å²) in [4.78, 5) is 2.95. The summed E-state index contributed by atoms with van der Waals surface area (Å²) in [5, 5.41) is 0. The molecule has 3 heteroatoms. The van der Waals surface area contributed by atoms with Crippen LogP contribution in [0.25, 0.3) is 0 Å². The van der Waals surface area contributed by atoms with Gasteiger partial charge in [-0.3, -0.25) is 0 Å². The molecule has 1 rings (SSSR count). The van der Waals surface area contributed by atoms with Gasteiger partial charge in [0.1, 0.15) is 0 Å². The van der Waals surface area contributed by atoms with Crippen LogP contribution in [0.1, 0.15) is 6.42 Å². The molecule has 0 amide bonds. The van der Waals surface area contributed by atoms with Crippen LogP contribution < -0.4 is 0 Å². The predicted octanol–water partition coefficient (Wildman–Crippen LogP) is 1.22. The molecule has 0 saturated heterocycles.